The molecule has 1 aliphatic carbocycles. The Bertz CT molecular complexity index is 428. The molecule has 2 saturated heterocycles. The summed E-state index contributed by atoms with van der Waals surface area (Å²) < 4.78 is 10.5. The number of hydrogen-bond donors (Lipinski definition) is 0. The maximum atomic E-state index is 12.5. The summed E-state index contributed by atoms with van der Waals surface area (Å²) in [5.74, 6) is -0.527. The largest absolute Gasteiger partial charge is 0.469 e. The molecule has 3 fully saturated rings. The molecule has 2 heterocycles. The summed E-state index contributed by atoms with van der Waals surface area (Å²) in [6.07, 6.45) is 2.91. The van der Waals surface area contributed by atoms with Gasteiger partial charge in [0.2, 0.25) is 5.91 Å². The van der Waals surface area contributed by atoms with Gasteiger partial charge < -0.3 is 14.4 Å². The van der Waals surface area contributed by atoms with Gasteiger partial charge in [-0.25, -0.2) is 0 Å². The lowest BCUT2D eigenvalue weighted by Gasteiger charge is -2.56. The van der Waals surface area contributed by atoms with Crippen LogP contribution in [0.3, 0.4) is 0 Å². The maximum absolute atomic E-state index is 12.5. The predicted molar refractivity (Wildman–Crippen MR) is 71.9 cm³/mol. The second-order valence-corrected chi connectivity index (χ2v) is 6.92. The fourth-order valence-corrected chi connectivity index (χ4v) is 3.80. The Morgan fingerprint density at radius 1 is 1.30 bits per heavy atom. The Kier molecular flexibility index (Phi) is 3.27. The van der Waals surface area contributed by atoms with E-state index in [0.717, 1.165) is 26.0 Å². The average Bonchev–Trinajstić information content (AvgIpc) is 3.04. The van der Waals surface area contributed by atoms with Crippen LogP contribution >= 0.6 is 0 Å². The van der Waals surface area contributed by atoms with Crippen molar-refractivity contribution in [1.29, 1.82) is 0 Å². The molecule has 0 aromatic carbocycles. The lowest BCUT2D eigenvalue weighted by atomic mass is 9.71. The molecule has 4 unspecified atom stereocenters. The Morgan fingerprint density at radius 3 is 2.60 bits per heavy atom. The zero-order valence-corrected chi connectivity index (χ0v) is 12.4. The summed E-state index contributed by atoms with van der Waals surface area (Å²) in [5, 5.41) is 0. The first-order chi connectivity index (χ1) is 9.45. The summed E-state index contributed by atoms with van der Waals surface area (Å²) in [4.78, 5) is 25.9. The third kappa shape index (κ3) is 2.12. The van der Waals surface area contributed by atoms with E-state index in [1.54, 1.807) is 0 Å². The highest BCUT2D eigenvalue weighted by Crippen LogP contribution is 2.48. The van der Waals surface area contributed by atoms with Crippen molar-refractivity contribution < 1.29 is 19.1 Å². The molecule has 4 atom stereocenters. The first-order valence-corrected chi connectivity index (χ1v) is 7.45. The van der Waals surface area contributed by atoms with Crippen LogP contribution in [-0.4, -0.2) is 49.2 Å². The van der Waals surface area contributed by atoms with E-state index in [-0.39, 0.29) is 41.3 Å². The van der Waals surface area contributed by atoms with Crippen LogP contribution in [-0.2, 0) is 19.1 Å². The molecule has 3 rings (SSSR count). The molecule has 112 valence electrons. The van der Waals surface area contributed by atoms with Gasteiger partial charge in [0, 0.05) is 18.6 Å². The van der Waals surface area contributed by atoms with E-state index in [1.165, 1.54) is 7.11 Å². The summed E-state index contributed by atoms with van der Waals surface area (Å²) in [6, 6.07) is 0.163. The molecular formula is C15H23NO4. The SMILES string of the molecule is COC(=O)C1CC1C(=O)N1CC(C)(C)C1C1CCCO1. The van der Waals surface area contributed by atoms with Gasteiger partial charge in [0.25, 0.3) is 0 Å². The third-order valence-electron chi connectivity index (χ3n) is 4.93. The lowest BCUT2D eigenvalue weighted by Crippen LogP contribution is -2.68. The number of nitrogens with zero attached hydrogens (tertiary/aromatic N) is 1. The average molecular weight is 281 g/mol. The molecule has 5 nitrogen and oxygen atoms in total. The Hall–Kier alpha value is -1.10. The Labute approximate surface area is 119 Å². The summed E-state index contributed by atoms with van der Waals surface area (Å²) in [6.45, 7) is 5.94. The molecular weight excluding hydrogens is 258 g/mol. The fraction of sp³-hybridized carbons (Fsp3) is 0.867. The van der Waals surface area contributed by atoms with Crippen molar-refractivity contribution in [3.63, 3.8) is 0 Å². The van der Waals surface area contributed by atoms with E-state index >= 15 is 0 Å². The van der Waals surface area contributed by atoms with Crippen LogP contribution in [0.5, 0.6) is 0 Å². The van der Waals surface area contributed by atoms with E-state index < -0.39 is 0 Å². The molecule has 5 heteroatoms. The van der Waals surface area contributed by atoms with Crippen LogP contribution in [0.4, 0.5) is 0 Å². The number of carbonyl (C=O) groups is 2. The zero-order valence-electron chi connectivity index (χ0n) is 12.4. The van der Waals surface area contributed by atoms with Gasteiger partial charge in [0.05, 0.1) is 31.1 Å². The number of rotatable bonds is 3. The van der Waals surface area contributed by atoms with Gasteiger partial charge in [-0.05, 0) is 19.3 Å². The molecule has 1 saturated carbocycles. The number of likely N-dealkylation sites (tertiary alicyclic amines) is 1. The van der Waals surface area contributed by atoms with Crippen LogP contribution < -0.4 is 0 Å². The first-order valence-electron chi connectivity index (χ1n) is 7.45. The van der Waals surface area contributed by atoms with Gasteiger partial charge in [0.15, 0.2) is 0 Å². The standard InChI is InChI=1S/C15H23NO4/c1-15(2)8-16(12(15)11-5-4-6-20-11)13(17)9-7-10(9)14(18)19-3/h9-12H,4-8H2,1-3H3. The minimum absolute atomic E-state index is 0.111. The first kappa shape index (κ1) is 13.9. The van der Waals surface area contributed by atoms with Crippen molar-refractivity contribution in [2.45, 2.75) is 45.3 Å². The highest BCUT2D eigenvalue weighted by molar-refractivity contribution is 5.90. The highest BCUT2D eigenvalue weighted by atomic mass is 16.5. The van der Waals surface area contributed by atoms with Crippen molar-refractivity contribution >= 4 is 11.9 Å². The van der Waals surface area contributed by atoms with Gasteiger partial charge >= 0.3 is 5.97 Å². The smallest absolute Gasteiger partial charge is 0.309 e. The van der Waals surface area contributed by atoms with E-state index in [2.05, 4.69) is 13.8 Å². The molecule has 0 aromatic heterocycles. The van der Waals surface area contributed by atoms with Crippen molar-refractivity contribution in [2.24, 2.45) is 17.3 Å². The Balaban J connectivity index is 1.65. The second kappa shape index (κ2) is 4.72. The summed E-state index contributed by atoms with van der Waals surface area (Å²) in [7, 11) is 1.38. The number of methoxy groups -OCH3 is 1. The minimum atomic E-state index is -0.253. The molecule has 20 heavy (non-hydrogen) atoms. The Morgan fingerprint density at radius 2 is 2.05 bits per heavy atom. The molecule has 0 bridgehead atoms. The molecule has 0 radical (unpaired) electrons. The number of hydrogen-bond acceptors (Lipinski definition) is 4. The van der Waals surface area contributed by atoms with E-state index in [4.69, 9.17) is 9.47 Å². The fourth-order valence-electron chi connectivity index (χ4n) is 3.80. The maximum Gasteiger partial charge on any atom is 0.309 e. The van der Waals surface area contributed by atoms with Crippen molar-refractivity contribution in [3.05, 3.63) is 0 Å². The highest BCUT2D eigenvalue weighted by Gasteiger charge is 2.58. The van der Waals surface area contributed by atoms with Crippen LogP contribution in [0.2, 0.25) is 0 Å². The summed E-state index contributed by atoms with van der Waals surface area (Å²) >= 11 is 0. The third-order valence-corrected chi connectivity index (χ3v) is 4.93. The van der Waals surface area contributed by atoms with Crippen LogP contribution in [0.15, 0.2) is 0 Å². The molecule has 0 spiro atoms. The second-order valence-electron chi connectivity index (χ2n) is 6.92. The minimum Gasteiger partial charge on any atom is -0.469 e. The van der Waals surface area contributed by atoms with E-state index in [0.29, 0.717) is 6.42 Å². The lowest BCUT2D eigenvalue weighted by molar-refractivity contribution is -0.167. The van der Waals surface area contributed by atoms with Gasteiger partial charge in [0.1, 0.15) is 0 Å². The van der Waals surface area contributed by atoms with Gasteiger partial charge in [-0.15, -0.1) is 0 Å². The molecule has 2 aliphatic heterocycles. The van der Waals surface area contributed by atoms with Crippen molar-refractivity contribution in [2.75, 3.05) is 20.3 Å². The van der Waals surface area contributed by atoms with Crippen LogP contribution in [0, 0.1) is 17.3 Å². The van der Waals surface area contributed by atoms with Gasteiger partial charge in [-0.2, -0.15) is 0 Å². The topological polar surface area (TPSA) is 55.8 Å². The van der Waals surface area contributed by atoms with Crippen molar-refractivity contribution in [3.8, 4) is 0 Å². The molecule has 0 N–H and O–H groups in total. The monoisotopic (exact) mass is 281 g/mol. The normalized spacial score (nSPS) is 38.2. The zero-order chi connectivity index (χ0) is 14.5. The quantitative estimate of drug-likeness (QED) is 0.730. The number of esters is 1. The number of amides is 1. The molecule has 1 amide bonds. The van der Waals surface area contributed by atoms with Crippen molar-refractivity contribution in [1.82, 2.24) is 4.90 Å². The van der Waals surface area contributed by atoms with Crippen LogP contribution in [0.1, 0.15) is 33.1 Å². The molecule has 3 aliphatic rings. The van der Waals surface area contributed by atoms with Gasteiger partial charge in [-0.3, -0.25) is 9.59 Å². The van der Waals surface area contributed by atoms with E-state index in [9.17, 15) is 9.59 Å². The molecule has 0 aromatic rings. The predicted octanol–water partition coefficient (Wildman–Crippen LogP) is 1.21. The van der Waals surface area contributed by atoms with E-state index in [1.807, 2.05) is 4.90 Å². The number of ether oxygens (including phenoxy) is 2. The van der Waals surface area contributed by atoms with Crippen LogP contribution in [0.25, 0.3) is 0 Å². The van der Waals surface area contributed by atoms with Gasteiger partial charge in [-0.1, -0.05) is 13.8 Å². The number of carbonyl (C=O) groups excluding carboxylic acids is 2. The summed E-state index contributed by atoms with van der Waals surface area (Å²) in [5.41, 5.74) is 0.111.